The van der Waals surface area contributed by atoms with Crippen LogP contribution in [-0.2, 0) is 30.2 Å². The van der Waals surface area contributed by atoms with E-state index >= 15 is 0 Å². The molecule has 0 heterocycles. The molecule has 0 amide bonds. The molecule has 0 fully saturated rings. The Labute approximate surface area is 83.5 Å². The summed E-state index contributed by atoms with van der Waals surface area (Å²) in [6.07, 6.45) is 0. The quantitative estimate of drug-likeness (QED) is 0.493. The predicted octanol–water partition coefficient (Wildman–Crippen LogP) is 0.731. The molecule has 0 radical (unpaired) electrons. The minimum Gasteiger partial charge on any atom is -0.693 e. The van der Waals surface area contributed by atoms with E-state index in [1.807, 2.05) is 0 Å². The summed E-state index contributed by atoms with van der Waals surface area (Å²) in [7, 11) is -9.10. The molecule has 0 unspecified atom stereocenters. The second-order valence-electron chi connectivity index (χ2n) is 1.47. The largest absolute Gasteiger partial charge is 2.00 e. The summed E-state index contributed by atoms with van der Waals surface area (Å²) in [5.41, 5.74) is 0. The van der Waals surface area contributed by atoms with E-state index in [2.05, 4.69) is 0 Å². The van der Waals surface area contributed by atoms with Gasteiger partial charge in [-0.2, -0.15) is 0 Å². The Bertz CT molecular complexity index is 164. The molecule has 0 saturated carbocycles. The molecule has 0 aromatic heterocycles. The summed E-state index contributed by atoms with van der Waals surface area (Å²) >= 11 is 0. The van der Waals surface area contributed by atoms with Gasteiger partial charge in [-0.3, -0.25) is 9.13 Å². The van der Waals surface area contributed by atoms with Crippen molar-refractivity contribution in [3.05, 3.63) is 12.3 Å². The van der Waals surface area contributed by atoms with Crippen LogP contribution in [0, 0.1) is 0 Å². The van der Waals surface area contributed by atoms with Crippen LogP contribution < -0.4 is 0 Å². The van der Waals surface area contributed by atoms with Gasteiger partial charge in [0.2, 0.25) is 0 Å². The van der Waals surface area contributed by atoms with Crippen molar-refractivity contribution in [3.8, 4) is 0 Å². The summed E-state index contributed by atoms with van der Waals surface area (Å²) in [6.45, 7) is 0. The van der Waals surface area contributed by atoms with E-state index in [0.29, 0.717) is 0 Å². The first-order chi connectivity index (χ1) is 3.71. The average molecular weight is 403 g/mol. The molecule has 80 valence electrons. The first-order valence-corrected chi connectivity index (χ1v) is 5.39. The third-order valence-electron chi connectivity index (χ3n) is 0.368. The Hall–Kier alpha value is 0.908. The molecule has 0 atom stereocenters. The average Bonchev–Trinajstić information content (AvgIpc) is 1.14. The van der Waals surface area contributed by atoms with Gasteiger partial charge in [-0.15, -0.1) is 0 Å². The van der Waals surface area contributed by atoms with Crippen LogP contribution in [0.15, 0.2) is 0 Å². The molecule has 0 saturated heterocycles. The van der Waals surface area contributed by atoms with Crippen LogP contribution >= 0.6 is 15.2 Å². The van der Waals surface area contributed by atoms with Gasteiger partial charge in [0, 0.05) is 0 Å². The van der Waals surface area contributed by atoms with Gasteiger partial charge in [0.25, 0.3) is 0 Å². The van der Waals surface area contributed by atoms with Crippen molar-refractivity contribution in [3.63, 3.8) is 0 Å². The van der Waals surface area contributed by atoms with Crippen LogP contribution in [0.3, 0.4) is 0 Å². The van der Waals surface area contributed by atoms with Gasteiger partial charge >= 0.3 is 36.3 Å². The molecule has 0 aliphatic heterocycles. The normalized spacial score (nSPS) is 10.3. The standard InChI is InChI=1S/CH6O6P2.2H2N.Pt/c2-8(3,4)1-9(5,6)7;;;/h1H2,(H2,2,3,4)(H2,5,6,7);2*1H2;/q;2*-1;+2. The van der Waals surface area contributed by atoms with E-state index in [1.165, 1.54) is 0 Å². The third-order valence-corrected chi connectivity index (χ3v) is 3.32. The summed E-state index contributed by atoms with van der Waals surface area (Å²) in [6, 6.07) is 0. The van der Waals surface area contributed by atoms with Crippen LogP contribution in [-0.4, -0.2) is 25.5 Å². The minimum atomic E-state index is -4.55. The molecule has 8 N–H and O–H groups in total. The van der Waals surface area contributed by atoms with E-state index in [4.69, 9.17) is 19.6 Å². The van der Waals surface area contributed by atoms with E-state index in [0.717, 1.165) is 0 Å². The zero-order chi connectivity index (χ0) is 7.71. The van der Waals surface area contributed by atoms with E-state index in [1.54, 1.807) is 0 Å². The maximum Gasteiger partial charge on any atom is 2.00 e. The fourth-order valence-corrected chi connectivity index (χ4v) is 2.16. The molecule has 11 heteroatoms. The Balaban J connectivity index is -0.000000107. The van der Waals surface area contributed by atoms with Gasteiger partial charge in [0.05, 0.1) is 0 Å². The van der Waals surface area contributed by atoms with Crippen molar-refractivity contribution >= 4 is 15.2 Å². The van der Waals surface area contributed by atoms with Crippen molar-refractivity contribution < 1.29 is 49.8 Å². The fourth-order valence-electron chi connectivity index (χ4n) is 0.240. The monoisotopic (exact) mass is 403 g/mol. The first kappa shape index (κ1) is 23.1. The Morgan fingerprint density at radius 3 is 1.00 bits per heavy atom. The topological polar surface area (TPSA) is 182 Å². The Morgan fingerprint density at radius 1 is 0.833 bits per heavy atom. The smallest absolute Gasteiger partial charge is 0.693 e. The van der Waals surface area contributed by atoms with Gasteiger partial charge in [-0.25, -0.2) is 0 Å². The van der Waals surface area contributed by atoms with E-state index in [-0.39, 0.29) is 33.4 Å². The van der Waals surface area contributed by atoms with Gasteiger partial charge in [-0.1, -0.05) is 0 Å². The van der Waals surface area contributed by atoms with E-state index < -0.39 is 21.1 Å². The Kier molecular flexibility index (Phi) is 14.1. The summed E-state index contributed by atoms with van der Waals surface area (Å²) in [4.78, 5) is 31.9. The van der Waals surface area contributed by atoms with Crippen molar-refractivity contribution in [1.29, 1.82) is 0 Å². The maximum atomic E-state index is 9.85. The summed E-state index contributed by atoms with van der Waals surface area (Å²) in [5.74, 6) is -1.38. The first-order valence-electron chi connectivity index (χ1n) is 1.80. The number of hydrogen-bond acceptors (Lipinski definition) is 2. The third kappa shape index (κ3) is 22.4. The number of rotatable bonds is 2. The molecule has 0 aliphatic carbocycles. The second kappa shape index (κ2) is 7.33. The molecule has 0 aromatic carbocycles. The van der Waals surface area contributed by atoms with Crippen molar-refractivity contribution in [2.75, 3.05) is 5.90 Å². The molecule has 0 aromatic rings. The second-order valence-corrected chi connectivity index (χ2v) is 5.26. The molecular formula is CH10N2O6P2Pt. The summed E-state index contributed by atoms with van der Waals surface area (Å²) < 4.78 is 19.7. The van der Waals surface area contributed by atoms with Gasteiger partial charge in [0.15, 0.2) is 5.90 Å². The zero-order valence-corrected chi connectivity index (χ0v) is 9.74. The zero-order valence-electron chi connectivity index (χ0n) is 5.68. The van der Waals surface area contributed by atoms with Gasteiger partial charge in [-0.05, 0) is 0 Å². The predicted molar refractivity (Wildman–Crippen MR) is 39.5 cm³/mol. The van der Waals surface area contributed by atoms with Gasteiger partial charge in [0.1, 0.15) is 0 Å². The van der Waals surface area contributed by atoms with E-state index in [9.17, 15) is 9.13 Å². The van der Waals surface area contributed by atoms with Gasteiger partial charge < -0.3 is 31.9 Å². The van der Waals surface area contributed by atoms with Crippen LogP contribution in [0.5, 0.6) is 0 Å². The molecule has 12 heavy (non-hydrogen) atoms. The van der Waals surface area contributed by atoms with Crippen LogP contribution in [0.2, 0.25) is 0 Å². The summed E-state index contributed by atoms with van der Waals surface area (Å²) in [5, 5.41) is 0. The molecule has 0 spiro atoms. The molecule has 8 nitrogen and oxygen atoms in total. The SMILES string of the molecule is O=P(O)(O)CP(=O)(O)O.[NH2-].[NH2-].[Pt+2]. The molecule has 0 aliphatic rings. The van der Waals surface area contributed by atoms with Crippen molar-refractivity contribution in [2.45, 2.75) is 0 Å². The minimum absolute atomic E-state index is 0. The van der Waals surface area contributed by atoms with Crippen molar-refractivity contribution in [2.24, 2.45) is 0 Å². The molecule has 0 bridgehead atoms. The maximum absolute atomic E-state index is 9.85. The number of nitrogens with two attached hydrogens (primary N) is 2. The molecule has 0 rings (SSSR count). The fraction of sp³-hybridized carbons (Fsp3) is 1.00. The number of hydrogen-bond donors (Lipinski definition) is 4. The van der Waals surface area contributed by atoms with Crippen molar-refractivity contribution in [1.82, 2.24) is 0 Å². The molecular weight excluding hydrogens is 393 g/mol. The van der Waals surface area contributed by atoms with Crippen LogP contribution in [0.4, 0.5) is 0 Å². The van der Waals surface area contributed by atoms with Crippen LogP contribution in [0.1, 0.15) is 0 Å². The Morgan fingerprint density at radius 2 is 1.00 bits per heavy atom. The van der Waals surface area contributed by atoms with Crippen LogP contribution in [0.25, 0.3) is 12.3 Å².